The van der Waals surface area contributed by atoms with E-state index in [0.717, 1.165) is 29.2 Å². The summed E-state index contributed by atoms with van der Waals surface area (Å²) in [4.78, 5) is 0. The molecule has 0 unspecified atom stereocenters. The van der Waals surface area contributed by atoms with E-state index in [2.05, 4.69) is 11.9 Å². The van der Waals surface area contributed by atoms with Gasteiger partial charge in [0.1, 0.15) is 6.61 Å². The molecule has 24 heavy (non-hydrogen) atoms. The summed E-state index contributed by atoms with van der Waals surface area (Å²) in [6.07, 6.45) is 1.82. The minimum Gasteiger partial charge on any atom is -0.490 e. The highest BCUT2D eigenvalue weighted by Gasteiger charge is 2.12. The third kappa shape index (κ3) is 5.17. The fourth-order valence-corrected chi connectivity index (χ4v) is 2.69. The lowest BCUT2D eigenvalue weighted by Crippen LogP contribution is -2.14. The predicted octanol–water partition coefficient (Wildman–Crippen LogP) is 5.25. The Balaban J connectivity index is 2.20. The van der Waals surface area contributed by atoms with E-state index >= 15 is 0 Å². The van der Waals surface area contributed by atoms with Crippen molar-refractivity contribution in [3.05, 3.63) is 70.2 Å². The van der Waals surface area contributed by atoms with Gasteiger partial charge >= 0.3 is 0 Å². The summed E-state index contributed by atoms with van der Waals surface area (Å²) in [5, 5.41) is 4.47. The van der Waals surface area contributed by atoms with Crippen LogP contribution < -0.4 is 14.8 Å². The minimum absolute atomic E-state index is 0.342. The molecule has 1 N–H and O–H groups in total. The zero-order chi connectivity index (χ0) is 17.4. The van der Waals surface area contributed by atoms with E-state index in [-0.39, 0.29) is 0 Å². The van der Waals surface area contributed by atoms with E-state index < -0.39 is 0 Å². The Hall–Kier alpha value is -1.68. The van der Waals surface area contributed by atoms with Gasteiger partial charge in [-0.2, -0.15) is 0 Å². The van der Waals surface area contributed by atoms with Gasteiger partial charge in [0.05, 0.1) is 6.61 Å². The fraction of sp³-hybridized carbons (Fsp3) is 0.263. The first kappa shape index (κ1) is 18.7. The Morgan fingerprint density at radius 1 is 1.12 bits per heavy atom. The first-order valence-electron chi connectivity index (χ1n) is 7.78. The molecule has 0 spiro atoms. The number of hydrogen-bond donors (Lipinski definition) is 1. The van der Waals surface area contributed by atoms with Gasteiger partial charge in [-0.1, -0.05) is 47.5 Å². The molecule has 0 aliphatic carbocycles. The van der Waals surface area contributed by atoms with Crippen molar-refractivity contribution in [1.29, 1.82) is 0 Å². The number of hydrogen-bond acceptors (Lipinski definition) is 3. The van der Waals surface area contributed by atoms with Crippen molar-refractivity contribution in [3.63, 3.8) is 0 Å². The Labute approximate surface area is 153 Å². The molecule has 0 saturated heterocycles. The number of halogens is 2. The molecule has 128 valence electrons. The van der Waals surface area contributed by atoms with Crippen molar-refractivity contribution in [2.45, 2.75) is 20.1 Å². The van der Waals surface area contributed by atoms with Crippen LogP contribution in [0.5, 0.6) is 11.5 Å². The molecule has 0 amide bonds. The molecule has 0 aliphatic rings. The summed E-state index contributed by atoms with van der Waals surface area (Å²) in [7, 11) is 0. The summed E-state index contributed by atoms with van der Waals surface area (Å²) in [5.41, 5.74) is 1.89. The number of rotatable bonds is 9. The third-order valence-corrected chi connectivity index (χ3v) is 3.94. The van der Waals surface area contributed by atoms with Gasteiger partial charge in [0.2, 0.25) is 0 Å². The van der Waals surface area contributed by atoms with Crippen LogP contribution in [0.4, 0.5) is 0 Å². The Bertz CT molecular complexity index is 689. The van der Waals surface area contributed by atoms with E-state index in [1.165, 1.54) is 0 Å². The van der Waals surface area contributed by atoms with E-state index in [0.29, 0.717) is 29.8 Å². The fourth-order valence-electron chi connectivity index (χ4n) is 2.23. The highest BCUT2D eigenvalue weighted by molar-refractivity contribution is 6.35. The zero-order valence-corrected chi connectivity index (χ0v) is 15.2. The van der Waals surface area contributed by atoms with E-state index in [1.807, 2.05) is 37.3 Å². The molecular formula is C19H21Cl2NO2. The smallest absolute Gasteiger partial charge is 0.166 e. The molecule has 0 heterocycles. The molecule has 2 aromatic carbocycles. The molecule has 0 radical (unpaired) electrons. The highest BCUT2D eigenvalue weighted by Crippen LogP contribution is 2.33. The van der Waals surface area contributed by atoms with Crippen LogP contribution >= 0.6 is 23.2 Å². The largest absolute Gasteiger partial charge is 0.490 e. The van der Waals surface area contributed by atoms with Crippen LogP contribution in [0, 0.1) is 0 Å². The topological polar surface area (TPSA) is 30.5 Å². The first-order chi connectivity index (χ1) is 11.7. The van der Waals surface area contributed by atoms with Crippen molar-refractivity contribution in [3.8, 4) is 11.5 Å². The normalized spacial score (nSPS) is 10.5. The van der Waals surface area contributed by atoms with Crippen molar-refractivity contribution >= 4 is 23.2 Å². The van der Waals surface area contributed by atoms with Crippen LogP contribution in [0.1, 0.15) is 18.1 Å². The second kappa shape index (κ2) is 9.58. The average molecular weight is 366 g/mol. The number of ether oxygens (including phenoxy) is 2. The van der Waals surface area contributed by atoms with Gasteiger partial charge in [-0.25, -0.2) is 0 Å². The van der Waals surface area contributed by atoms with Gasteiger partial charge < -0.3 is 14.8 Å². The van der Waals surface area contributed by atoms with Gasteiger partial charge in [-0.3, -0.25) is 0 Å². The molecule has 0 saturated carbocycles. The summed E-state index contributed by atoms with van der Waals surface area (Å²) < 4.78 is 11.7. The first-order valence-corrected chi connectivity index (χ1v) is 8.54. The monoisotopic (exact) mass is 365 g/mol. The number of nitrogens with one attached hydrogen (secondary N) is 1. The van der Waals surface area contributed by atoms with Gasteiger partial charge in [0, 0.05) is 34.3 Å². The molecular weight excluding hydrogens is 345 g/mol. The quantitative estimate of drug-likeness (QED) is 0.486. The second-order valence-corrected chi connectivity index (χ2v) is 5.97. The van der Waals surface area contributed by atoms with E-state index in [9.17, 15) is 0 Å². The molecule has 0 bridgehead atoms. The van der Waals surface area contributed by atoms with E-state index in [1.54, 1.807) is 12.1 Å². The SMILES string of the molecule is C=CCNCc1cccc(OCC)c1OCc1ccc(Cl)cc1Cl. The van der Waals surface area contributed by atoms with Crippen LogP contribution in [0.3, 0.4) is 0 Å². The van der Waals surface area contributed by atoms with Crippen LogP contribution in [-0.4, -0.2) is 13.2 Å². The lowest BCUT2D eigenvalue weighted by atomic mass is 10.1. The lowest BCUT2D eigenvalue weighted by molar-refractivity contribution is 0.266. The van der Waals surface area contributed by atoms with Gasteiger partial charge in [-0.15, -0.1) is 6.58 Å². The van der Waals surface area contributed by atoms with Gasteiger partial charge in [0.15, 0.2) is 11.5 Å². The summed E-state index contributed by atoms with van der Waals surface area (Å²) in [6.45, 7) is 7.96. The second-order valence-electron chi connectivity index (χ2n) is 5.12. The Kier molecular flexibility index (Phi) is 7.44. The number of para-hydroxylation sites is 1. The standard InChI is InChI=1S/C19H21Cl2NO2/c1-3-10-22-12-14-6-5-7-18(23-4-2)19(14)24-13-15-8-9-16(20)11-17(15)21/h3,5-9,11,22H,1,4,10,12-13H2,2H3. The molecule has 5 heteroatoms. The van der Waals surface area contributed by atoms with Crippen LogP contribution in [0.2, 0.25) is 10.0 Å². The predicted molar refractivity (Wildman–Crippen MR) is 100 cm³/mol. The summed E-state index contributed by atoms with van der Waals surface area (Å²) in [5.74, 6) is 1.45. The Morgan fingerprint density at radius 3 is 2.67 bits per heavy atom. The van der Waals surface area contributed by atoms with Crippen molar-refractivity contribution in [2.75, 3.05) is 13.2 Å². The third-order valence-electron chi connectivity index (χ3n) is 3.35. The van der Waals surface area contributed by atoms with Gasteiger partial charge in [0.25, 0.3) is 0 Å². The maximum absolute atomic E-state index is 6.22. The van der Waals surface area contributed by atoms with Gasteiger partial charge in [-0.05, 0) is 25.1 Å². The molecule has 0 aliphatic heterocycles. The maximum Gasteiger partial charge on any atom is 0.166 e. The van der Waals surface area contributed by atoms with Crippen molar-refractivity contribution in [2.24, 2.45) is 0 Å². The van der Waals surface area contributed by atoms with Crippen LogP contribution in [0.25, 0.3) is 0 Å². The van der Waals surface area contributed by atoms with E-state index in [4.69, 9.17) is 32.7 Å². The molecule has 2 rings (SSSR count). The zero-order valence-electron chi connectivity index (χ0n) is 13.6. The average Bonchev–Trinajstić information content (AvgIpc) is 2.56. The summed E-state index contributed by atoms with van der Waals surface area (Å²) >= 11 is 12.2. The molecule has 0 atom stereocenters. The Morgan fingerprint density at radius 2 is 1.96 bits per heavy atom. The number of benzene rings is 2. The minimum atomic E-state index is 0.342. The molecule has 2 aromatic rings. The van der Waals surface area contributed by atoms with Crippen molar-refractivity contribution in [1.82, 2.24) is 5.32 Å². The summed E-state index contributed by atoms with van der Waals surface area (Å²) in [6, 6.07) is 11.2. The molecule has 3 nitrogen and oxygen atoms in total. The molecule has 0 fully saturated rings. The van der Waals surface area contributed by atoms with Crippen LogP contribution in [-0.2, 0) is 13.2 Å². The molecule has 0 aromatic heterocycles. The van der Waals surface area contributed by atoms with Crippen LogP contribution in [0.15, 0.2) is 49.1 Å². The highest BCUT2D eigenvalue weighted by atomic mass is 35.5. The van der Waals surface area contributed by atoms with Crippen molar-refractivity contribution < 1.29 is 9.47 Å². The lowest BCUT2D eigenvalue weighted by Gasteiger charge is -2.17. The maximum atomic E-state index is 6.22.